The van der Waals surface area contributed by atoms with Crippen molar-refractivity contribution in [1.82, 2.24) is 0 Å². The number of anilines is 1. The van der Waals surface area contributed by atoms with Crippen LogP contribution in [0, 0.1) is 5.82 Å². The van der Waals surface area contributed by atoms with E-state index in [1.165, 1.54) is 12.1 Å². The molecule has 0 radical (unpaired) electrons. The first-order chi connectivity index (χ1) is 15.6. The predicted molar refractivity (Wildman–Crippen MR) is 134 cm³/mol. The minimum atomic E-state index is -0.201. The number of aromatic hydroxyl groups is 1. The highest BCUT2D eigenvalue weighted by Gasteiger charge is 2.41. The Morgan fingerprint density at radius 1 is 1.03 bits per heavy atom. The predicted octanol–water partition coefficient (Wildman–Crippen LogP) is 6.90. The first kappa shape index (κ1) is 22.6. The molecule has 0 aliphatic carbocycles. The number of unbranched alkanes of at least 4 members (excludes halogenated alkanes) is 1. The monoisotopic (exact) mass is 467 g/mol. The Hall–Kier alpha value is -2.57. The molecule has 0 amide bonds. The van der Waals surface area contributed by atoms with Crippen molar-refractivity contribution in [1.29, 1.82) is 0 Å². The lowest BCUT2D eigenvalue weighted by Gasteiger charge is -2.29. The molecule has 1 saturated heterocycles. The minimum Gasteiger partial charge on any atom is -0.507 e. The molecule has 1 fully saturated rings. The van der Waals surface area contributed by atoms with E-state index in [4.69, 9.17) is 17.0 Å². The SMILES string of the molecule is COc1ccc([C@@H]2[C@@H](CCCCc3ccc(F)cc3)SC(=S)N2c2ccccc2)c(O)c1. The number of benzene rings is 3. The Morgan fingerprint density at radius 3 is 2.47 bits per heavy atom. The summed E-state index contributed by atoms with van der Waals surface area (Å²) in [6.07, 6.45) is 3.92. The summed E-state index contributed by atoms with van der Waals surface area (Å²) in [4.78, 5) is 2.16. The Labute approximate surface area is 198 Å². The third-order valence-electron chi connectivity index (χ3n) is 5.79. The summed E-state index contributed by atoms with van der Waals surface area (Å²) in [5.41, 5.74) is 3.03. The molecule has 1 aliphatic rings. The maximum absolute atomic E-state index is 13.1. The third-order valence-corrected chi connectivity index (χ3v) is 7.47. The summed E-state index contributed by atoms with van der Waals surface area (Å²) in [7, 11) is 1.59. The fraction of sp³-hybridized carbons (Fsp3) is 0.269. The topological polar surface area (TPSA) is 32.7 Å². The van der Waals surface area contributed by atoms with Crippen molar-refractivity contribution < 1.29 is 14.2 Å². The molecule has 1 aliphatic heterocycles. The minimum absolute atomic E-state index is 0.0633. The number of nitrogens with zero attached hydrogens (tertiary/aromatic N) is 1. The molecule has 1 N–H and O–H groups in total. The van der Waals surface area contributed by atoms with Crippen molar-refractivity contribution in [3.8, 4) is 11.5 Å². The van der Waals surface area contributed by atoms with Gasteiger partial charge in [-0.05, 0) is 61.2 Å². The van der Waals surface area contributed by atoms with Crippen molar-refractivity contribution in [2.45, 2.75) is 37.0 Å². The van der Waals surface area contributed by atoms with Crippen molar-refractivity contribution in [2.24, 2.45) is 0 Å². The number of ether oxygens (including phenoxy) is 1. The van der Waals surface area contributed by atoms with Gasteiger partial charge in [0, 0.05) is 22.6 Å². The third kappa shape index (κ3) is 5.08. The first-order valence-corrected chi connectivity index (χ1v) is 12.0. The second-order valence-electron chi connectivity index (χ2n) is 7.87. The highest BCUT2D eigenvalue weighted by molar-refractivity contribution is 8.24. The van der Waals surface area contributed by atoms with Gasteiger partial charge < -0.3 is 14.7 Å². The molecule has 0 saturated carbocycles. The van der Waals surface area contributed by atoms with Crippen LogP contribution in [0.25, 0.3) is 0 Å². The number of phenols is 1. The van der Waals surface area contributed by atoms with Crippen LogP contribution in [0.1, 0.15) is 36.4 Å². The van der Waals surface area contributed by atoms with E-state index < -0.39 is 0 Å². The molecule has 0 unspecified atom stereocenters. The molecular formula is C26H26FNO2S2. The molecule has 0 spiro atoms. The zero-order valence-corrected chi connectivity index (χ0v) is 19.5. The smallest absolute Gasteiger partial charge is 0.141 e. The van der Waals surface area contributed by atoms with Crippen LogP contribution < -0.4 is 9.64 Å². The fourth-order valence-corrected chi connectivity index (χ4v) is 6.03. The van der Waals surface area contributed by atoms with E-state index in [1.807, 2.05) is 42.5 Å². The molecule has 3 nitrogen and oxygen atoms in total. The standard InChI is InChI=1S/C26H26FNO2S2/c1-30-21-15-16-22(23(29)17-21)25-24(10-6-5-7-18-11-13-19(27)14-12-18)32-26(31)28(25)20-8-3-2-4-9-20/h2-4,8-9,11-17,24-25,29H,5-7,10H2,1H3/t24-,25-/m1/s1. The molecule has 6 heteroatoms. The van der Waals surface area contributed by atoms with E-state index in [-0.39, 0.29) is 22.9 Å². The second kappa shape index (κ2) is 10.4. The van der Waals surface area contributed by atoms with E-state index in [1.54, 1.807) is 24.9 Å². The quantitative estimate of drug-likeness (QED) is 0.288. The van der Waals surface area contributed by atoms with Crippen molar-refractivity contribution >= 4 is 34.0 Å². The number of hydrogen-bond acceptors (Lipinski definition) is 4. The van der Waals surface area contributed by atoms with Crippen LogP contribution in [0.15, 0.2) is 72.8 Å². The fourth-order valence-electron chi connectivity index (χ4n) is 4.17. The second-order valence-corrected chi connectivity index (χ2v) is 9.74. The van der Waals surface area contributed by atoms with Gasteiger partial charge in [0.05, 0.1) is 13.2 Å². The highest BCUT2D eigenvalue weighted by atomic mass is 32.2. The number of rotatable bonds is 8. The molecule has 3 aromatic carbocycles. The molecule has 32 heavy (non-hydrogen) atoms. The number of methoxy groups -OCH3 is 1. The average Bonchev–Trinajstić information content (AvgIpc) is 3.14. The van der Waals surface area contributed by atoms with Gasteiger partial charge in [-0.15, -0.1) is 0 Å². The van der Waals surface area contributed by atoms with Crippen LogP contribution >= 0.6 is 24.0 Å². The number of hydrogen-bond donors (Lipinski definition) is 1. The molecule has 1 heterocycles. The van der Waals surface area contributed by atoms with Crippen molar-refractivity contribution in [3.05, 3.63) is 89.7 Å². The lowest BCUT2D eigenvalue weighted by atomic mass is 9.96. The number of para-hydroxylation sites is 1. The Bertz CT molecular complexity index is 1060. The lowest BCUT2D eigenvalue weighted by Crippen LogP contribution is -2.29. The normalized spacial score (nSPS) is 18.2. The van der Waals surface area contributed by atoms with Gasteiger partial charge in [-0.2, -0.15) is 0 Å². The zero-order valence-electron chi connectivity index (χ0n) is 17.9. The van der Waals surface area contributed by atoms with Gasteiger partial charge >= 0.3 is 0 Å². The van der Waals surface area contributed by atoms with E-state index in [9.17, 15) is 9.50 Å². The van der Waals surface area contributed by atoms with Crippen molar-refractivity contribution in [3.63, 3.8) is 0 Å². The molecule has 166 valence electrons. The number of aryl methyl sites for hydroxylation is 1. The van der Waals surface area contributed by atoms with E-state index in [2.05, 4.69) is 17.0 Å². The lowest BCUT2D eigenvalue weighted by molar-refractivity contribution is 0.405. The molecule has 0 aromatic heterocycles. The van der Waals surface area contributed by atoms with Crippen LogP contribution in [0.3, 0.4) is 0 Å². The van der Waals surface area contributed by atoms with Gasteiger partial charge in [0.25, 0.3) is 0 Å². The van der Waals surface area contributed by atoms with Gasteiger partial charge in [0.2, 0.25) is 0 Å². The Morgan fingerprint density at radius 2 is 1.78 bits per heavy atom. The van der Waals surface area contributed by atoms with Gasteiger partial charge in [0.15, 0.2) is 0 Å². The maximum Gasteiger partial charge on any atom is 0.141 e. The molecular weight excluding hydrogens is 441 g/mol. The highest BCUT2D eigenvalue weighted by Crippen LogP contribution is 2.48. The molecule has 0 bridgehead atoms. The molecule has 2 atom stereocenters. The average molecular weight is 468 g/mol. The summed E-state index contributed by atoms with van der Waals surface area (Å²) < 4.78 is 19.2. The van der Waals surface area contributed by atoms with Gasteiger partial charge in [-0.3, -0.25) is 0 Å². The summed E-state index contributed by atoms with van der Waals surface area (Å²) in [5, 5.41) is 11.0. The Kier molecular flexibility index (Phi) is 7.33. The summed E-state index contributed by atoms with van der Waals surface area (Å²) >= 11 is 7.49. The van der Waals surface area contributed by atoms with Gasteiger partial charge in [0.1, 0.15) is 21.6 Å². The largest absolute Gasteiger partial charge is 0.507 e. The summed E-state index contributed by atoms with van der Waals surface area (Å²) in [5.74, 6) is 0.645. The zero-order chi connectivity index (χ0) is 22.5. The van der Waals surface area contributed by atoms with E-state index in [0.29, 0.717) is 5.75 Å². The van der Waals surface area contributed by atoms with Gasteiger partial charge in [-0.1, -0.05) is 60.7 Å². The summed E-state index contributed by atoms with van der Waals surface area (Å²) in [6, 6.07) is 22.3. The maximum atomic E-state index is 13.1. The number of phenolic OH excluding ortho intramolecular Hbond substituents is 1. The summed E-state index contributed by atoms with van der Waals surface area (Å²) in [6.45, 7) is 0. The molecule has 4 rings (SSSR count). The van der Waals surface area contributed by atoms with Gasteiger partial charge in [-0.25, -0.2) is 4.39 Å². The Balaban J connectivity index is 1.53. The van der Waals surface area contributed by atoms with Crippen LogP contribution in [-0.4, -0.2) is 21.8 Å². The first-order valence-electron chi connectivity index (χ1n) is 10.7. The molecule has 3 aromatic rings. The van der Waals surface area contributed by atoms with Crippen molar-refractivity contribution in [2.75, 3.05) is 12.0 Å². The van der Waals surface area contributed by atoms with E-state index >= 15 is 0 Å². The van der Waals surface area contributed by atoms with Crippen LogP contribution in [0.4, 0.5) is 10.1 Å². The number of halogens is 1. The number of thioether (sulfide) groups is 1. The van der Waals surface area contributed by atoms with E-state index in [0.717, 1.165) is 46.8 Å². The number of thiocarbonyl (C=S) groups is 1. The van der Waals surface area contributed by atoms with Crippen LogP contribution in [0.5, 0.6) is 11.5 Å². The van der Waals surface area contributed by atoms with Crippen LogP contribution in [0.2, 0.25) is 0 Å². The van der Waals surface area contributed by atoms with Crippen LogP contribution in [-0.2, 0) is 6.42 Å².